The van der Waals surface area contributed by atoms with E-state index >= 15 is 0 Å². The van der Waals surface area contributed by atoms with E-state index in [0.29, 0.717) is 12.2 Å². The molecule has 0 atom stereocenters. The van der Waals surface area contributed by atoms with Gasteiger partial charge in [0.15, 0.2) is 0 Å². The van der Waals surface area contributed by atoms with Crippen molar-refractivity contribution in [3.05, 3.63) is 39.5 Å². The number of halogens is 1. The van der Waals surface area contributed by atoms with Crippen molar-refractivity contribution in [2.24, 2.45) is 0 Å². The number of nitrogens with zero attached hydrogens (tertiary/aromatic N) is 3. The molecule has 5 nitrogen and oxygen atoms in total. The first-order chi connectivity index (χ1) is 8.63. The number of hydrogen-bond donors (Lipinski definition) is 1. The lowest BCUT2D eigenvalue weighted by molar-refractivity contribution is 0.0683. The summed E-state index contributed by atoms with van der Waals surface area (Å²) in [6, 6.07) is 7.68. The smallest absolute Gasteiger partial charge is 0.375 e. The molecule has 2 rings (SSSR count). The minimum Gasteiger partial charge on any atom is -0.475 e. The molecule has 0 aliphatic heterocycles. The standard InChI is InChI=1S/C12H12IN3O2/c1-2-5-10-14-11(12(17)18)15-16(10)9-7-4-3-6-8(9)13/h3-4,6-7H,2,5H2,1H3,(H,17,18). The third-order valence-electron chi connectivity index (χ3n) is 2.42. The van der Waals surface area contributed by atoms with E-state index in [1.807, 2.05) is 31.2 Å². The Hall–Kier alpha value is -1.44. The van der Waals surface area contributed by atoms with Gasteiger partial charge in [-0.2, -0.15) is 0 Å². The SMILES string of the molecule is CCCc1nc(C(=O)O)nn1-c1ccccc1I. The molecule has 1 aromatic heterocycles. The van der Waals surface area contributed by atoms with Crippen LogP contribution in [0.4, 0.5) is 0 Å². The second-order valence-electron chi connectivity index (χ2n) is 3.77. The topological polar surface area (TPSA) is 68.0 Å². The number of benzene rings is 1. The zero-order valence-corrected chi connectivity index (χ0v) is 12.0. The van der Waals surface area contributed by atoms with E-state index in [2.05, 4.69) is 32.7 Å². The van der Waals surface area contributed by atoms with E-state index in [9.17, 15) is 4.79 Å². The monoisotopic (exact) mass is 357 g/mol. The van der Waals surface area contributed by atoms with Gasteiger partial charge in [-0.1, -0.05) is 19.1 Å². The molecular formula is C12H12IN3O2. The molecule has 0 spiro atoms. The summed E-state index contributed by atoms with van der Waals surface area (Å²) in [6.45, 7) is 2.02. The van der Waals surface area contributed by atoms with Gasteiger partial charge < -0.3 is 5.11 Å². The molecule has 2 aromatic rings. The molecule has 0 saturated heterocycles. The van der Waals surface area contributed by atoms with Gasteiger partial charge >= 0.3 is 5.97 Å². The Kier molecular flexibility index (Phi) is 3.95. The van der Waals surface area contributed by atoms with E-state index in [0.717, 1.165) is 15.7 Å². The summed E-state index contributed by atoms with van der Waals surface area (Å²) in [5, 5.41) is 13.0. The number of carboxylic acid groups (broad SMARTS) is 1. The van der Waals surface area contributed by atoms with Crippen LogP contribution in [0.5, 0.6) is 0 Å². The first-order valence-corrected chi connectivity index (χ1v) is 6.65. The number of carbonyl (C=O) groups is 1. The number of aromatic nitrogens is 3. The second kappa shape index (κ2) is 5.47. The zero-order chi connectivity index (χ0) is 13.1. The van der Waals surface area contributed by atoms with E-state index in [1.165, 1.54) is 0 Å². The Morgan fingerprint density at radius 3 is 2.78 bits per heavy atom. The van der Waals surface area contributed by atoms with Gasteiger partial charge in [0.05, 0.1) is 5.69 Å². The van der Waals surface area contributed by atoms with Crippen molar-refractivity contribution in [3.63, 3.8) is 0 Å². The Bertz CT molecular complexity index is 580. The van der Waals surface area contributed by atoms with Crippen molar-refractivity contribution in [2.75, 3.05) is 0 Å². The molecule has 18 heavy (non-hydrogen) atoms. The summed E-state index contributed by atoms with van der Waals surface area (Å²) in [5.41, 5.74) is 0.863. The van der Waals surface area contributed by atoms with Crippen molar-refractivity contribution in [3.8, 4) is 5.69 Å². The van der Waals surface area contributed by atoms with Crippen LogP contribution in [0.25, 0.3) is 5.69 Å². The van der Waals surface area contributed by atoms with Crippen LogP contribution in [0.2, 0.25) is 0 Å². The normalized spacial score (nSPS) is 10.6. The third-order valence-corrected chi connectivity index (χ3v) is 3.33. The van der Waals surface area contributed by atoms with Crippen molar-refractivity contribution >= 4 is 28.6 Å². The number of aryl methyl sites for hydroxylation is 1. The molecule has 0 fully saturated rings. The molecular weight excluding hydrogens is 345 g/mol. The summed E-state index contributed by atoms with van der Waals surface area (Å²) in [6.07, 6.45) is 1.59. The predicted octanol–water partition coefficient (Wildman–Crippen LogP) is 2.52. The average Bonchev–Trinajstić information content (AvgIpc) is 2.74. The minimum absolute atomic E-state index is 0.155. The molecule has 6 heteroatoms. The highest BCUT2D eigenvalue weighted by molar-refractivity contribution is 14.1. The lowest BCUT2D eigenvalue weighted by atomic mass is 10.3. The number of aromatic carboxylic acids is 1. The summed E-state index contributed by atoms with van der Waals surface area (Å²) in [7, 11) is 0. The maximum absolute atomic E-state index is 10.9. The van der Waals surface area contributed by atoms with Crippen LogP contribution in [-0.4, -0.2) is 25.8 Å². The molecule has 0 bridgehead atoms. The lowest BCUT2D eigenvalue weighted by Gasteiger charge is -2.06. The van der Waals surface area contributed by atoms with E-state index in [4.69, 9.17) is 5.11 Å². The van der Waals surface area contributed by atoms with Crippen molar-refractivity contribution in [1.29, 1.82) is 0 Å². The highest BCUT2D eigenvalue weighted by atomic mass is 127. The quantitative estimate of drug-likeness (QED) is 0.854. The number of carboxylic acids is 1. The second-order valence-corrected chi connectivity index (χ2v) is 4.93. The molecule has 94 valence electrons. The fourth-order valence-corrected chi connectivity index (χ4v) is 2.25. The molecule has 1 heterocycles. The Labute approximate surface area is 118 Å². The lowest BCUT2D eigenvalue weighted by Crippen LogP contribution is -2.05. The molecule has 1 aromatic carbocycles. The Morgan fingerprint density at radius 2 is 2.17 bits per heavy atom. The first-order valence-electron chi connectivity index (χ1n) is 5.57. The van der Waals surface area contributed by atoms with Crippen LogP contribution in [0.1, 0.15) is 29.8 Å². The molecule has 0 aliphatic carbocycles. The van der Waals surface area contributed by atoms with Gasteiger partial charge in [0.2, 0.25) is 0 Å². The number of hydrogen-bond acceptors (Lipinski definition) is 3. The third kappa shape index (κ3) is 2.53. The average molecular weight is 357 g/mol. The Morgan fingerprint density at radius 1 is 1.44 bits per heavy atom. The van der Waals surface area contributed by atoms with Gasteiger partial charge in [0.1, 0.15) is 5.82 Å². The predicted molar refractivity (Wildman–Crippen MR) is 75.0 cm³/mol. The molecule has 0 saturated carbocycles. The van der Waals surface area contributed by atoms with Gasteiger partial charge in [-0.15, -0.1) is 5.10 Å². The largest absolute Gasteiger partial charge is 0.475 e. The minimum atomic E-state index is -1.10. The highest BCUT2D eigenvalue weighted by Gasteiger charge is 2.16. The van der Waals surface area contributed by atoms with Crippen LogP contribution >= 0.6 is 22.6 Å². The van der Waals surface area contributed by atoms with E-state index < -0.39 is 5.97 Å². The molecule has 0 radical (unpaired) electrons. The van der Waals surface area contributed by atoms with Crippen LogP contribution in [0.3, 0.4) is 0 Å². The Balaban J connectivity index is 2.55. The highest BCUT2D eigenvalue weighted by Crippen LogP contribution is 2.18. The van der Waals surface area contributed by atoms with Crippen molar-refractivity contribution < 1.29 is 9.90 Å². The molecule has 0 unspecified atom stereocenters. The van der Waals surface area contributed by atoms with Crippen LogP contribution in [-0.2, 0) is 6.42 Å². The number of rotatable bonds is 4. The summed E-state index contributed by atoms with van der Waals surface area (Å²) < 4.78 is 2.63. The van der Waals surface area contributed by atoms with Crippen LogP contribution in [0, 0.1) is 3.57 Å². The zero-order valence-electron chi connectivity index (χ0n) is 9.80. The van der Waals surface area contributed by atoms with E-state index in [1.54, 1.807) is 4.68 Å². The fraction of sp³-hybridized carbons (Fsp3) is 0.250. The van der Waals surface area contributed by atoms with Gasteiger partial charge in [-0.3, -0.25) is 0 Å². The molecule has 0 amide bonds. The van der Waals surface area contributed by atoms with Crippen LogP contribution < -0.4 is 0 Å². The molecule has 1 N–H and O–H groups in total. The van der Waals surface area contributed by atoms with Crippen LogP contribution in [0.15, 0.2) is 24.3 Å². The molecule has 0 aliphatic rings. The van der Waals surface area contributed by atoms with Gasteiger partial charge in [0, 0.05) is 9.99 Å². The first kappa shape index (κ1) is 13.0. The van der Waals surface area contributed by atoms with Crippen molar-refractivity contribution in [1.82, 2.24) is 14.8 Å². The van der Waals surface area contributed by atoms with Gasteiger partial charge in [-0.25, -0.2) is 14.5 Å². The summed E-state index contributed by atoms with van der Waals surface area (Å²) in [5.74, 6) is -0.575. The van der Waals surface area contributed by atoms with Gasteiger partial charge in [-0.05, 0) is 41.1 Å². The maximum atomic E-state index is 10.9. The summed E-state index contributed by atoms with van der Waals surface area (Å²) in [4.78, 5) is 15.0. The number of para-hydroxylation sites is 1. The maximum Gasteiger partial charge on any atom is 0.375 e. The summed E-state index contributed by atoms with van der Waals surface area (Å²) >= 11 is 2.20. The van der Waals surface area contributed by atoms with Gasteiger partial charge in [0.25, 0.3) is 5.82 Å². The van der Waals surface area contributed by atoms with E-state index in [-0.39, 0.29) is 5.82 Å². The fourth-order valence-electron chi connectivity index (χ4n) is 1.64. The van der Waals surface area contributed by atoms with Crippen molar-refractivity contribution in [2.45, 2.75) is 19.8 Å².